The SMILES string of the molecule is CCC(CC)C(=O)/C=C(\O)C(CC)CC.Cc1oc2[c]([Ge]([CH3])([CH3])[CH3])cc3ncnc4c5[c-]c6ccccc6cc5c1c2c34.[Ir]. The monoisotopic (exact) mass is 830 g/mol. The third kappa shape index (κ3) is 6.18. The van der Waals surface area contributed by atoms with E-state index < -0.39 is 13.3 Å². The molecule has 6 aromatic rings. The number of carbonyl (C=O) groups excluding carboxylic acids is 1. The summed E-state index contributed by atoms with van der Waals surface area (Å²) in [5, 5.41) is 17.8. The van der Waals surface area contributed by atoms with Gasteiger partial charge in [0.05, 0.1) is 5.76 Å². The number of hydrogen-bond donors (Lipinski definition) is 1. The molecule has 0 amide bonds. The van der Waals surface area contributed by atoms with E-state index in [4.69, 9.17) is 9.40 Å². The van der Waals surface area contributed by atoms with Crippen LogP contribution in [0.25, 0.3) is 54.3 Å². The quantitative estimate of drug-likeness (QED) is 0.0413. The van der Waals surface area contributed by atoms with Crippen molar-refractivity contribution in [3.63, 3.8) is 0 Å². The van der Waals surface area contributed by atoms with Crippen LogP contribution in [0.2, 0.25) is 17.3 Å². The zero-order valence-corrected chi connectivity index (χ0v) is 31.6. The van der Waals surface area contributed by atoms with Gasteiger partial charge in [-0.05, 0) is 25.7 Å². The molecule has 1 N–H and O–H groups in total. The summed E-state index contributed by atoms with van der Waals surface area (Å²) in [5.41, 5.74) is 3.03. The largest absolute Gasteiger partial charge is 0 e. The van der Waals surface area contributed by atoms with Crippen molar-refractivity contribution in [1.82, 2.24) is 9.97 Å². The molecule has 2 heterocycles. The van der Waals surface area contributed by atoms with E-state index in [1.807, 2.05) is 27.7 Å². The Labute approximate surface area is 276 Å². The van der Waals surface area contributed by atoms with Gasteiger partial charge in [-0.3, -0.25) is 4.79 Å². The van der Waals surface area contributed by atoms with Crippen molar-refractivity contribution in [2.24, 2.45) is 11.8 Å². The van der Waals surface area contributed by atoms with Crippen LogP contribution in [0.4, 0.5) is 0 Å². The second-order valence-corrected chi connectivity index (χ2v) is 23.2. The molecule has 5 nitrogen and oxygen atoms in total. The summed E-state index contributed by atoms with van der Waals surface area (Å²) in [6.45, 7) is 10.1. The standard InChI is InChI=1S/C24H19GeN2O.C13H24O2.Ir/c1-13-20-16-9-14-7-5-6-8-15(14)10-17(16)23-21-19(26-12-27-23)11-18(25(2,3)4)24(28-13)22(20)21;1-5-10(6-2)12(14)9-13(15)11(7-3)8-4;/h5-9,11-12H,1-4H3;9-11,14H,5-8H2,1-4H3;/q-1;;/b;12-9-;. The number of carbonyl (C=O) groups is 1. The van der Waals surface area contributed by atoms with Crippen LogP contribution in [0.1, 0.15) is 59.1 Å². The first-order valence-electron chi connectivity index (χ1n) is 15.6. The van der Waals surface area contributed by atoms with Gasteiger partial charge < -0.3 is 5.11 Å². The van der Waals surface area contributed by atoms with Crippen LogP contribution >= 0.6 is 0 Å². The van der Waals surface area contributed by atoms with Crippen molar-refractivity contribution in [1.29, 1.82) is 0 Å². The number of allylic oxidation sites excluding steroid dienone is 2. The first-order chi connectivity index (χ1) is 20.5. The van der Waals surface area contributed by atoms with Crippen molar-refractivity contribution in [3.05, 3.63) is 66.4 Å². The summed E-state index contributed by atoms with van der Waals surface area (Å²) in [6, 6.07) is 16.5. The van der Waals surface area contributed by atoms with E-state index in [-0.39, 0.29) is 43.5 Å². The van der Waals surface area contributed by atoms with Crippen molar-refractivity contribution in [2.45, 2.75) is 77.6 Å². The molecule has 0 bridgehead atoms. The summed E-state index contributed by atoms with van der Waals surface area (Å²) < 4.78 is 7.81. The summed E-state index contributed by atoms with van der Waals surface area (Å²) in [5.74, 6) is 8.73. The van der Waals surface area contributed by atoms with E-state index >= 15 is 0 Å². The van der Waals surface area contributed by atoms with Crippen LogP contribution in [0.15, 0.2) is 59.0 Å². The third-order valence-corrected chi connectivity index (χ3v) is 13.1. The fourth-order valence-electron chi connectivity index (χ4n) is 6.33. The summed E-state index contributed by atoms with van der Waals surface area (Å²) in [4.78, 5) is 21.1. The third-order valence-electron chi connectivity index (χ3n) is 8.92. The van der Waals surface area contributed by atoms with Crippen molar-refractivity contribution in [2.75, 3.05) is 0 Å². The van der Waals surface area contributed by atoms with Crippen molar-refractivity contribution >= 4 is 77.8 Å². The molecule has 6 rings (SSSR count). The molecular weight excluding hydrogens is 785 g/mol. The van der Waals surface area contributed by atoms with Gasteiger partial charge in [0.2, 0.25) is 0 Å². The van der Waals surface area contributed by atoms with E-state index in [0.717, 1.165) is 64.2 Å². The van der Waals surface area contributed by atoms with E-state index in [2.05, 4.69) is 71.6 Å². The Morgan fingerprint density at radius 2 is 1.61 bits per heavy atom. The molecule has 0 atom stereocenters. The second kappa shape index (κ2) is 13.7. The number of ketones is 1. The number of aromatic nitrogens is 2. The molecule has 7 heteroatoms. The average molecular weight is 829 g/mol. The molecule has 0 aliphatic rings. The van der Waals surface area contributed by atoms with Crippen LogP contribution in [0.3, 0.4) is 0 Å². The molecule has 0 aliphatic heterocycles. The van der Waals surface area contributed by atoms with Gasteiger partial charge in [0.25, 0.3) is 0 Å². The smallest absolute Gasteiger partial charge is 0 e. The van der Waals surface area contributed by atoms with Gasteiger partial charge in [0.15, 0.2) is 5.78 Å². The van der Waals surface area contributed by atoms with E-state index in [0.29, 0.717) is 0 Å². The van der Waals surface area contributed by atoms with Gasteiger partial charge in [-0.25, -0.2) is 0 Å². The first kappa shape index (κ1) is 34.1. The number of aliphatic hydroxyl groups is 1. The number of rotatable bonds is 8. The van der Waals surface area contributed by atoms with Crippen LogP contribution in [0, 0.1) is 24.8 Å². The van der Waals surface area contributed by atoms with Crippen molar-refractivity contribution < 1.29 is 34.4 Å². The van der Waals surface area contributed by atoms with Gasteiger partial charge >= 0.3 is 165 Å². The number of aliphatic hydroxyl groups excluding tert-OH is 1. The number of benzene rings is 4. The Balaban J connectivity index is 0.000000239. The molecule has 0 saturated carbocycles. The molecule has 0 spiro atoms. The summed E-state index contributed by atoms with van der Waals surface area (Å²) in [6.07, 6.45) is 6.59. The number of fused-ring (bicyclic) bond motifs is 4. The van der Waals surface area contributed by atoms with Crippen LogP contribution < -0.4 is 4.40 Å². The van der Waals surface area contributed by atoms with Crippen molar-refractivity contribution in [3.8, 4) is 0 Å². The first-order valence-corrected chi connectivity index (χ1v) is 23.0. The molecule has 4 aromatic carbocycles. The van der Waals surface area contributed by atoms with Gasteiger partial charge in [0.1, 0.15) is 0 Å². The maximum absolute atomic E-state index is 11.7. The predicted molar refractivity (Wildman–Crippen MR) is 183 cm³/mol. The van der Waals surface area contributed by atoms with Gasteiger partial charge in [0, 0.05) is 38.0 Å². The Hall–Kier alpha value is -2.80. The molecule has 0 saturated heterocycles. The number of hydrogen-bond acceptors (Lipinski definition) is 5. The molecule has 44 heavy (non-hydrogen) atoms. The minimum atomic E-state index is -2.16. The maximum Gasteiger partial charge on any atom is 0 e. The predicted octanol–water partition coefficient (Wildman–Crippen LogP) is 9.79. The topological polar surface area (TPSA) is 76.2 Å². The zero-order chi connectivity index (χ0) is 31.1. The van der Waals surface area contributed by atoms with Gasteiger partial charge in [-0.15, -0.1) is 0 Å². The Kier molecular flexibility index (Phi) is 10.6. The minimum Gasteiger partial charge on any atom is 0 e. The number of aryl methyl sites for hydroxylation is 1. The fraction of sp³-hybridized carbons (Fsp3) is 0.378. The van der Waals surface area contributed by atoms with E-state index in [9.17, 15) is 9.90 Å². The molecule has 233 valence electrons. The molecule has 0 unspecified atom stereocenters. The van der Waals surface area contributed by atoms with Crippen LogP contribution in [-0.2, 0) is 24.9 Å². The van der Waals surface area contributed by atoms with E-state index in [1.54, 1.807) is 6.33 Å². The summed E-state index contributed by atoms with van der Waals surface area (Å²) in [7, 11) is 0. The molecule has 0 aliphatic carbocycles. The second-order valence-electron chi connectivity index (χ2n) is 12.7. The Morgan fingerprint density at radius 3 is 2.25 bits per heavy atom. The van der Waals surface area contributed by atoms with Crippen LogP contribution in [0.5, 0.6) is 0 Å². The number of furan rings is 1. The summed E-state index contributed by atoms with van der Waals surface area (Å²) >= 11 is -2.16. The maximum atomic E-state index is 11.7. The average Bonchev–Trinajstić information content (AvgIpc) is 3.33. The normalized spacial score (nSPS) is 12.5. The zero-order valence-electron chi connectivity index (χ0n) is 27.1. The molecule has 1 radical (unpaired) electrons. The Bertz CT molecular complexity index is 1960. The number of nitrogens with zero attached hydrogens (tertiary/aromatic N) is 2. The molecular formula is C37H43GeIrN2O3-. The van der Waals surface area contributed by atoms with Crippen LogP contribution in [-0.4, -0.2) is 34.1 Å². The minimum absolute atomic E-state index is 0. The molecule has 2 aromatic heterocycles. The fourth-order valence-corrected chi connectivity index (χ4v) is 9.32. The van der Waals surface area contributed by atoms with Gasteiger partial charge in [-0.1, -0.05) is 27.7 Å². The Morgan fingerprint density at radius 1 is 0.955 bits per heavy atom. The van der Waals surface area contributed by atoms with E-state index in [1.165, 1.54) is 32.0 Å². The van der Waals surface area contributed by atoms with Gasteiger partial charge in [-0.2, -0.15) is 0 Å². The molecule has 0 fully saturated rings.